The average molecular weight is 397 g/mol. The van der Waals surface area contributed by atoms with Crippen LogP contribution in [0.3, 0.4) is 0 Å². The van der Waals surface area contributed by atoms with E-state index >= 15 is 0 Å². The fraction of sp³-hybridized carbons (Fsp3) is 0.222. The summed E-state index contributed by atoms with van der Waals surface area (Å²) in [6, 6.07) is 10.9. The third-order valence-corrected chi connectivity index (χ3v) is 5.02. The number of carboxylic acid groups (broad SMARTS) is 1. The number of hydrogen-bond donors (Lipinski definition) is 4. The van der Waals surface area contributed by atoms with Crippen LogP contribution < -0.4 is 15.5 Å². The average Bonchev–Trinajstić information content (AvgIpc) is 2.99. The maximum Gasteiger partial charge on any atom is 0.409 e. The van der Waals surface area contributed by atoms with E-state index in [2.05, 4.69) is 35.7 Å². The van der Waals surface area contributed by atoms with E-state index in [4.69, 9.17) is 5.11 Å². The topological polar surface area (TPSA) is 119 Å². The summed E-state index contributed by atoms with van der Waals surface area (Å²) in [5.74, 6) is 2.25. The highest BCUT2D eigenvalue weighted by atomic mass is 32.2. The van der Waals surface area contributed by atoms with Gasteiger partial charge in [-0.15, -0.1) is 0 Å². The monoisotopic (exact) mass is 397 g/mol. The van der Waals surface area contributed by atoms with Crippen LogP contribution in [0.15, 0.2) is 46.5 Å². The lowest BCUT2D eigenvalue weighted by Crippen LogP contribution is -2.37. The molecule has 1 amide bonds. The number of anilines is 4. The van der Waals surface area contributed by atoms with Crippen LogP contribution in [-0.2, 0) is 0 Å². The Morgan fingerprint density at radius 2 is 1.96 bits per heavy atom. The van der Waals surface area contributed by atoms with Crippen LogP contribution in [0.1, 0.15) is 12.1 Å². The summed E-state index contributed by atoms with van der Waals surface area (Å²) in [6.45, 7) is 3.91. The molecule has 1 aliphatic heterocycles. The van der Waals surface area contributed by atoms with E-state index in [1.165, 1.54) is 11.8 Å². The van der Waals surface area contributed by atoms with Crippen LogP contribution >= 0.6 is 11.8 Å². The van der Waals surface area contributed by atoms with Gasteiger partial charge in [0.2, 0.25) is 0 Å². The highest BCUT2D eigenvalue weighted by Gasteiger charge is 2.18. The number of amides is 1. The molecule has 0 spiro atoms. The molecule has 1 fully saturated rings. The van der Waals surface area contributed by atoms with Gasteiger partial charge in [-0.05, 0) is 49.4 Å². The predicted molar refractivity (Wildman–Crippen MR) is 108 cm³/mol. The molecule has 144 valence electrons. The van der Waals surface area contributed by atoms with E-state index in [0.717, 1.165) is 35.9 Å². The van der Waals surface area contributed by atoms with Crippen molar-refractivity contribution in [2.45, 2.75) is 23.4 Å². The third kappa shape index (κ3) is 4.34. The fourth-order valence-corrected chi connectivity index (χ4v) is 3.44. The number of aromatic nitrogens is 4. The molecular weight excluding hydrogens is 378 g/mol. The van der Waals surface area contributed by atoms with Gasteiger partial charge < -0.3 is 15.3 Å². The van der Waals surface area contributed by atoms with Crippen LogP contribution in [-0.4, -0.2) is 44.5 Å². The molecule has 0 aliphatic carbocycles. The van der Waals surface area contributed by atoms with Crippen LogP contribution in [0.2, 0.25) is 0 Å². The summed E-state index contributed by atoms with van der Waals surface area (Å²) < 4.78 is 0. The molecule has 0 saturated carbocycles. The smallest absolute Gasteiger partial charge is 0.409 e. The van der Waals surface area contributed by atoms with Crippen molar-refractivity contribution in [3.8, 4) is 0 Å². The van der Waals surface area contributed by atoms with Crippen LogP contribution in [0.4, 0.5) is 27.9 Å². The second-order valence-corrected chi connectivity index (χ2v) is 7.39. The Balaban J connectivity index is 1.56. The largest absolute Gasteiger partial charge is 0.465 e. The zero-order valence-electron chi connectivity index (χ0n) is 15.1. The van der Waals surface area contributed by atoms with Crippen LogP contribution in [0, 0.1) is 6.92 Å². The number of carbonyl (C=O) groups is 1. The maximum atomic E-state index is 10.7. The standard InChI is InChI=1S/C18H19N7O2S/c1-11-9-15(24-23-11)20-14-10-16(25-7-2-8-25)22-17(21-14)28-13-5-3-12(4-6-13)19-18(26)27/h3-6,9-10,19H,2,7-8H2,1H3,(H,26,27)(H2,20,21,22,23,24). The van der Waals surface area contributed by atoms with Crippen LogP contribution in [0.25, 0.3) is 0 Å². The van der Waals surface area contributed by atoms with E-state index in [0.29, 0.717) is 22.5 Å². The molecule has 10 heteroatoms. The molecule has 1 aromatic carbocycles. The molecule has 0 radical (unpaired) electrons. The first-order valence-electron chi connectivity index (χ1n) is 8.76. The van der Waals surface area contributed by atoms with E-state index in [1.807, 2.05) is 31.2 Å². The molecule has 1 saturated heterocycles. The first kappa shape index (κ1) is 18.1. The quantitative estimate of drug-likeness (QED) is 0.465. The molecule has 28 heavy (non-hydrogen) atoms. The molecule has 0 bridgehead atoms. The molecule has 3 aromatic rings. The molecule has 2 aromatic heterocycles. The molecule has 3 heterocycles. The Labute approximate surface area is 165 Å². The van der Waals surface area contributed by atoms with Crippen molar-refractivity contribution in [3.63, 3.8) is 0 Å². The van der Waals surface area contributed by atoms with Crippen molar-refractivity contribution < 1.29 is 9.90 Å². The summed E-state index contributed by atoms with van der Waals surface area (Å²) in [6.07, 6.45) is 0.0709. The summed E-state index contributed by atoms with van der Waals surface area (Å²) in [7, 11) is 0. The number of nitrogens with one attached hydrogen (secondary N) is 3. The van der Waals surface area contributed by atoms with Crippen molar-refractivity contribution >= 4 is 41.0 Å². The third-order valence-electron chi connectivity index (χ3n) is 4.15. The minimum Gasteiger partial charge on any atom is -0.465 e. The van der Waals surface area contributed by atoms with Gasteiger partial charge in [-0.1, -0.05) is 0 Å². The Morgan fingerprint density at radius 1 is 1.18 bits per heavy atom. The molecule has 4 rings (SSSR count). The number of hydrogen-bond acceptors (Lipinski definition) is 7. The molecule has 0 atom stereocenters. The van der Waals surface area contributed by atoms with Crippen molar-refractivity contribution in [1.82, 2.24) is 20.2 Å². The van der Waals surface area contributed by atoms with Gasteiger partial charge in [-0.3, -0.25) is 10.4 Å². The summed E-state index contributed by atoms with van der Waals surface area (Å²) >= 11 is 1.42. The first-order valence-corrected chi connectivity index (χ1v) is 9.58. The Morgan fingerprint density at radius 3 is 2.57 bits per heavy atom. The van der Waals surface area contributed by atoms with Gasteiger partial charge in [-0.25, -0.2) is 14.8 Å². The lowest BCUT2D eigenvalue weighted by Gasteiger charge is -2.32. The molecule has 9 nitrogen and oxygen atoms in total. The van der Waals surface area contributed by atoms with E-state index in [-0.39, 0.29) is 0 Å². The molecule has 0 unspecified atom stereocenters. The van der Waals surface area contributed by atoms with E-state index < -0.39 is 6.09 Å². The van der Waals surface area contributed by atoms with Gasteiger partial charge in [0, 0.05) is 41.5 Å². The number of rotatable bonds is 6. The Bertz CT molecular complexity index is 986. The fourth-order valence-electron chi connectivity index (χ4n) is 2.68. The molecule has 1 aliphatic rings. The van der Waals surface area contributed by atoms with Gasteiger partial charge in [0.1, 0.15) is 11.6 Å². The number of aromatic amines is 1. The SMILES string of the molecule is Cc1cc(Nc2cc(N3CCC3)nc(Sc3ccc(NC(=O)O)cc3)n2)n[nH]1. The Kier molecular flexibility index (Phi) is 5.02. The highest BCUT2D eigenvalue weighted by Crippen LogP contribution is 2.30. The van der Waals surface area contributed by atoms with Crippen molar-refractivity contribution in [3.05, 3.63) is 42.1 Å². The molecule has 4 N–H and O–H groups in total. The minimum absolute atomic E-state index is 0.517. The second-order valence-electron chi connectivity index (χ2n) is 6.35. The van der Waals surface area contributed by atoms with Gasteiger partial charge >= 0.3 is 6.09 Å². The lowest BCUT2D eigenvalue weighted by molar-refractivity contribution is 0.210. The summed E-state index contributed by atoms with van der Waals surface area (Å²) in [5, 5.41) is 22.0. The summed E-state index contributed by atoms with van der Waals surface area (Å²) in [5.41, 5.74) is 1.48. The van der Waals surface area contributed by atoms with E-state index in [9.17, 15) is 4.79 Å². The minimum atomic E-state index is -1.09. The van der Waals surface area contributed by atoms with Crippen molar-refractivity contribution in [1.29, 1.82) is 0 Å². The zero-order valence-corrected chi connectivity index (χ0v) is 16.0. The highest BCUT2D eigenvalue weighted by molar-refractivity contribution is 7.99. The summed E-state index contributed by atoms with van der Waals surface area (Å²) in [4.78, 5) is 23.1. The predicted octanol–water partition coefficient (Wildman–Crippen LogP) is 3.70. The first-order chi connectivity index (χ1) is 13.5. The molecular formula is C18H19N7O2S. The number of nitrogens with zero attached hydrogens (tertiary/aromatic N) is 4. The van der Waals surface area contributed by atoms with Crippen LogP contribution in [0.5, 0.6) is 0 Å². The van der Waals surface area contributed by atoms with Gasteiger partial charge in [-0.2, -0.15) is 5.10 Å². The Hall–Kier alpha value is -3.27. The van der Waals surface area contributed by atoms with E-state index in [1.54, 1.807) is 12.1 Å². The number of H-pyrrole nitrogens is 1. The van der Waals surface area contributed by atoms with Gasteiger partial charge in [0.15, 0.2) is 11.0 Å². The normalized spacial score (nSPS) is 13.1. The van der Waals surface area contributed by atoms with Crippen molar-refractivity contribution in [2.24, 2.45) is 0 Å². The second kappa shape index (κ2) is 7.77. The van der Waals surface area contributed by atoms with Crippen molar-refractivity contribution in [2.75, 3.05) is 28.6 Å². The van der Waals surface area contributed by atoms with Gasteiger partial charge in [0.25, 0.3) is 0 Å². The number of aryl methyl sites for hydroxylation is 1. The maximum absolute atomic E-state index is 10.7. The lowest BCUT2D eigenvalue weighted by atomic mass is 10.2. The zero-order chi connectivity index (χ0) is 19.5. The van der Waals surface area contributed by atoms with Gasteiger partial charge in [0.05, 0.1) is 0 Å². The number of benzene rings is 1.